The monoisotopic (exact) mass is 401 g/mol. The van der Waals surface area contributed by atoms with Gasteiger partial charge in [-0.3, -0.25) is 20.4 Å². The van der Waals surface area contributed by atoms with Gasteiger partial charge in [0.05, 0.1) is 4.90 Å². The molecule has 0 bridgehead atoms. The lowest BCUT2D eigenvalue weighted by Crippen LogP contribution is -2.41. The van der Waals surface area contributed by atoms with Crippen LogP contribution in [-0.2, 0) is 16.4 Å². The van der Waals surface area contributed by atoms with Crippen LogP contribution in [0, 0.1) is 0 Å². The van der Waals surface area contributed by atoms with Crippen molar-refractivity contribution >= 4 is 21.8 Å². The molecule has 0 aromatic heterocycles. The highest BCUT2D eigenvalue weighted by molar-refractivity contribution is 7.89. The zero-order valence-electron chi connectivity index (χ0n) is 15.6. The number of sulfonamides is 1. The van der Waals surface area contributed by atoms with Crippen molar-refractivity contribution in [2.45, 2.75) is 31.1 Å². The maximum absolute atomic E-state index is 12.6. The van der Waals surface area contributed by atoms with Crippen LogP contribution in [0.15, 0.2) is 53.4 Å². The van der Waals surface area contributed by atoms with Gasteiger partial charge in [-0.15, -0.1) is 0 Å². The highest BCUT2D eigenvalue weighted by atomic mass is 32.2. The molecule has 1 fully saturated rings. The third-order valence-corrected chi connectivity index (χ3v) is 6.61. The molecule has 1 saturated heterocycles. The van der Waals surface area contributed by atoms with Gasteiger partial charge in [0.15, 0.2) is 0 Å². The zero-order chi connectivity index (χ0) is 20.1. The Morgan fingerprint density at radius 2 is 1.54 bits per heavy atom. The van der Waals surface area contributed by atoms with E-state index in [1.54, 1.807) is 12.1 Å². The average molecular weight is 401 g/mol. The van der Waals surface area contributed by atoms with Gasteiger partial charge in [0.25, 0.3) is 11.8 Å². The maximum atomic E-state index is 12.6. The maximum Gasteiger partial charge on any atom is 0.269 e. The van der Waals surface area contributed by atoms with Crippen molar-refractivity contribution in [3.8, 4) is 0 Å². The van der Waals surface area contributed by atoms with E-state index in [2.05, 4.69) is 10.9 Å². The molecule has 0 unspecified atom stereocenters. The fraction of sp³-hybridized carbons (Fsp3) is 0.300. The number of benzene rings is 2. The van der Waals surface area contributed by atoms with E-state index in [9.17, 15) is 18.0 Å². The summed E-state index contributed by atoms with van der Waals surface area (Å²) in [5.74, 6) is -1.03. The number of hydrogen-bond donors (Lipinski definition) is 2. The summed E-state index contributed by atoms with van der Waals surface area (Å²) < 4.78 is 26.7. The summed E-state index contributed by atoms with van der Waals surface area (Å²) in [5.41, 5.74) is 6.36. The van der Waals surface area contributed by atoms with Gasteiger partial charge in [-0.05, 0) is 55.2 Å². The number of carbonyl (C=O) groups excluding carboxylic acids is 2. The van der Waals surface area contributed by atoms with Crippen LogP contribution < -0.4 is 10.9 Å². The number of nitrogens with one attached hydrogen (secondary N) is 2. The van der Waals surface area contributed by atoms with Crippen LogP contribution in [0.2, 0.25) is 0 Å². The summed E-state index contributed by atoms with van der Waals surface area (Å²) in [4.78, 5) is 24.6. The van der Waals surface area contributed by atoms with E-state index < -0.39 is 21.8 Å². The van der Waals surface area contributed by atoms with Gasteiger partial charge >= 0.3 is 0 Å². The number of rotatable bonds is 5. The quantitative estimate of drug-likeness (QED) is 0.750. The second-order valence-electron chi connectivity index (χ2n) is 6.60. The zero-order valence-corrected chi connectivity index (χ0v) is 16.5. The van der Waals surface area contributed by atoms with Crippen LogP contribution in [0.3, 0.4) is 0 Å². The minimum absolute atomic E-state index is 0.0727. The predicted octanol–water partition coefficient (Wildman–Crippen LogP) is 2.11. The fourth-order valence-corrected chi connectivity index (χ4v) is 4.59. The molecular formula is C20H23N3O4S. The number of aryl methyl sites for hydroxylation is 1. The van der Waals surface area contributed by atoms with Crippen molar-refractivity contribution < 1.29 is 18.0 Å². The minimum atomic E-state index is -3.61. The Balaban J connectivity index is 1.66. The Bertz CT molecular complexity index is 965. The molecule has 8 heteroatoms. The molecule has 2 aromatic carbocycles. The van der Waals surface area contributed by atoms with E-state index in [0.717, 1.165) is 24.8 Å². The standard InChI is InChI=1S/C20H23N3O4S/c1-2-15-8-10-16(11-9-15)19(24)21-22-20(25)17-6-5-7-18(14-17)28(26,27)23-12-3-4-13-23/h5-11,14H,2-4,12-13H2,1H3,(H,21,24)(H,22,25). The molecule has 2 aromatic rings. The summed E-state index contributed by atoms with van der Waals surface area (Å²) in [7, 11) is -3.61. The molecule has 0 saturated carbocycles. The average Bonchev–Trinajstić information content (AvgIpc) is 3.27. The first-order chi connectivity index (χ1) is 13.4. The molecule has 0 atom stereocenters. The lowest BCUT2D eigenvalue weighted by Gasteiger charge is -2.16. The molecule has 1 aliphatic rings. The molecule has 0 aliphatic carbocycles. The van der Waals surface area contributed by atoms with Crippen molar-refractivity contribution in [3.05, 3.63) is 65.2 Å². The first-order valence-electron chi connectivity index (χ1n) is 9.21. The summed E-state index contributed by atoms with van der Waals surface area (Å²) >= 11 is 0. The van der Waals surface area contributed by atoms with Crippen LogP contribution in [0.25, 0.3) is 0 Å². The normalized spacial score (nSPS) is 14.6. The number of amides is 2. The lowest BCUT2D eigenvalue weighted by atomic mass is 10.1. The molecular weight excluding hydrogens is 378 g/mol. The molecule has 7 nitrogen and oxygen atoms in total. The molecule has 2 amide bonds. The van der Waals surface area contributed by atoms with Gasteiger partial charge < -0.3 is 0 Å². The third-order valence-electron chi connectivity index (χ3n) is 4.71. The van der Waals surface area contributed by atoms with E-state index in [1.807, 2.05) is 19.1 Å². The molecule has 1 aliphatic heterocycles. The van der Waals surface area contributed by atoms with Crippen LogP contribution >= 0.6 is 0 Å². The largest absolute Gasteiger partial charge is 0.269 e. The van der Waals surface area contributed by atoms with E-state index >= 15 is 0 Å². The van der Waals surface area contributed by atoms with Crippen molar-refractivity contribution in [2.24, 2.45) is 0 Å². The Labute approximate surface area is 164 Å². The Kier molecular flexibility index (Phi) is 6.11. The molecule has 0 spiro atoms. The van der Waals surface area contributed by atoms with Gasteiger partial charge in [0, 0.05) is 24.2 Å². The van der Waals surface area contributed by atoms with Gasteiger partial charge in [0.1, 0.15) is 0 Å². The Hall–Kier alpha value is -2.71. The van der Waals surface area contributed by atoms with E-state index in [1.165, 1.54) is 28.6 Å². The molecule has 2 N–H and O–H groups in total. The third kappa shape index (κ3) is 4.40. The van der Waals surface area contributed by atoms with Gasteiger partial charge in [-0.2, -0.15) is 4.31 Å². The van der Waals surface area contributed by atoms with Crippen LogP contribution in [-0.4, -0.2) is 37.6 Å². The highest BCUT2D eigenvalue weighted by Crippen LogP contribution is 2.21. The van der Waals surface area contributed by atoms with E-state index in [4.69, 9.17) is 0 Å². The van der Waals surface area contributed by atoms with E-state index in [0.29, 0.717) is 18.7 Å². The molecule has 28 heavy (non-hydrogen) atoms. The highest BCUT2D eigenvalue weighted by Gasteiger charge is 2.27. The van der Waals surface area contributed by atoms with Crippen LogP contribution in [0.1, 0.15) is 46.0 Å². The first kappa shape index (κ1) is 20.0. The number of hydrazine groups is 1. The van der Waals surface area contributed by atoms with Gasteiger partial charge in [-0.25, -0.2) is 8.42 Å². The molecule has 3 rings (SSSR count). The number of hydrogen-bond acceptors (Lipinski definition) is 4. The Morgan fingerprint density at radius 1 is 0.929 bits per heavy atom. The topological polar surface area (TPSA) is 95.6 Å². The van der Waals surface area contributed by atoms with Crippen LogP contribution in [0.5, 0.6) is 0 Å². The smallest absolute Gasteiger partial charge is 0.267 e. The van der Waals surface area contributed by atoms with Crippen molar-refractivity contribution in [3.63, 3.8) is 0 Å². The van der Waals surface area contributed by atoms with Crippen molar-refractivity contribution in [1.29, 1.82) is 0 Å². The first-order valence-corrected chi connectivity index (χ1v) is 10.7. The van der Waals surface area contributed by atoms with E-state index in [-0.39, 0.29) is 10.5 Å². The van der Waals surface area contributed by atoms with Crippen molar-refractivity contribution in [2.75, 3.05) is 13.1 Å². The molecule has 1 heterocycles. The lowest BCUT2D eigenvalue weighted by molar-refractivity contribution is 0.0846. The fourth-order valence-electron chi connectivity index (χ4n) is 3.03. The Morgan fingerprint density at radius 3 is 2.14 bits per heavy atom. The summed E-state index contributed by atoms with van der Waals surface area (Å²) in [6.45, 7) is 3.00. The molecule has 148 valence electrons. The van der Waals surface area contributed by atoms with Gasteiger partial charge in [-0.1, -0.05) is 25.1 Å². The molecule has 0 radical (unpaired) electrons. The number of nitrogens with zero attached hydrogens (tertiary/aromatic N) is 1. The summed E-state index contributed by atoms with van der Waals surface area (Å²) in [6, 6.07) is 12.9. The predicted molar refractivity (Wildman–Crippen MR) is 105 cm³/mol. The second-order valence-corrected chi connectivity index (χ2v) is 8.54. The second kappa shape index (κ2) is 8.53. The van der Waals surface area contributed by atoms with Gasteiger partial charge in [0.2, 0.25) is 10.0 Å². The number of carbonyl (C=O) groups is 2. The summed E-state index contributed by atoms with van der Waals surface area (Å²) in [5, 5.41) is 0. The van der Waals surface area contributed by atoms with Crippen molar-refractivity contribution in [1.82, 2.24) is 15.2 Å². The SMILES string of the molecule is CCc1ccc(C(=O)NNC(=O)c2cccc(S(=O)(=O)N3CCCC3)c2)cc1. The van der Waals surface area contributed by atoms with Crippen LogP contribution in [0.4, 0.5) is 0 Å². The summed E-state index contributed by atoms with van der Waals surface area (Å²) in [6.07, 6.45) is 2.55. The minimum Gasteiger partial charge on any atom is -0.267 e.